The minimum absolute atomic E-state index is 0.135. The summed E-state index contributed by atoms with van der Waals surface area (Å²) < 4.78 is 1.19. The molecule has 0 aliphatic carbocycles. The maximum atomic E-state index is 12.2. The summed E-state index contributed by atoms with van der Waals surface area (Å²) in [4.78, 5) is 38.0. The smallest absolute Gasteiger partial charge is 0.328 e. The fourth-order valence-corrected chi connectivity index (χ4v) is 2.17. The molecule has 0 fully saturated rings. The van der Waals surface area contributed by atoms with Gasteiger partial charge in [-0.3, -0.25) is 19.1 Å². The van der Waals surface area contributed by atoms with Gasteiger partial charge < -0.3 is 5.11 Å². The predicted octanol–water partition coefficient (Wildman–Crippen LogP) is 1.38. The van der Waals surface area contributed by atoms with Crippen molar-refractivity contribution in [3.63, 3.8) is 0 Å². The molecule has 2 rings (SSSR count). The van der Waals surface area contributed by atoms with Gasteiger partial charge in [-0.05, 0) is 18.1 Å². The summed E-state index contributed by atoms with van der Waals surface area (Å²) in [5, 5.41) is 9.30. The highest BCUT2D eigenvalue weighted by Gasteiger charge is 2.15. The fraction of sp³-hybridized carbons (Fsp3) is 0.235. The molecule has 6 heteroatoms. The number of nitrogens with one attached hydrogen (secondary N) is 1. The number of carbonyl (C=O) groups excluding carboxylic acids is 1. The van der Waals surface area contributed by atoms with Gasteiger partial charge in [0.25, 0.3) is 5.56 Å². The molecule has 120 valence electrons. The minimum atomic E-state index is -0.734. The summed E-state index contributed by atoms with van der Waals surface area (Å²) in [7, 11) is 0. The Hall–Kier alpha value is -2.73. The first kappa shape index (κ1) is 16.6. The number of aromatic nitrogens is 2. The lowest BCUT2D eigenvalue weighted by Gasteiger charge is -2.15. The van der Waals surface area contributed by atoms with Crippen LogP contribution in [0.5, 0.6) is 0 Å². The Labute approximate surface area is 132 Å². The molecule has 1 atom stereocenters. The summed E-state index contributed by atoms with van der Waals surface area (Å²) in [6, 6.07) is 8.71. The summed E-state index contributed by atoms with van der Waals surface area (Å²) in [6.07, 6.45) is 4.59. The molecule has 2 N–H and O–H groups in total. The van der Waals surface area contributed by atoms with Crippen molar-refractivity contribution in [2.75, 3.05) is 6.61 Å². The summed E-state index contributed by atoms with van der Waals surface area (Å²) >= 11 is 0. The van der Waals surface area contributed by atoms with Crippen LogP contribution in [0.4, 0.5) is 0 Å². The third kappa shape index (κ3) is 3.92. The SMILES string of the molecule is CC[C@@H](CO)n1cc(C(=O)/C=C/c2ccccc2)c(=O)[nH]c1=O. The molecule has 1 aromatic heterocycles. The van der Waals surface area contributed by atoms with Crippen molar-refractivity contribution < 1.29 is 9.90 Å². The highest BCUT2D eigenvalue weighted by Crippen LogP contribution is 2.08. The number of aromatic amines is 1. The number of allylic oxidation sites excluding steroid dienone is 1. The maximum absolute atomic E-state index is 12.2. The van der Waals surface area contributed by atoms with E-state index >= 15 is 0 Å². The van der Waals surface area contributed by atoms with Crippen molar-refractivity contribution in [2.45, 2.75) is 19.4 Å². The molecule has 0 saturated heterocycles. The van der Waals surface area contributed by atoms with E-state index in [1.54, 1.807) is 13.0 Å². The number of rotatable bonds is 6. The highest BCUT2D eigenvalue weighted by atomic mass is 16.3. The van der Waals surface area contributed by atoms with Crippen molar-refractivity contribution in [1.82, 2.24) is 9.55 Å². The molecule has 0 aliphatic heterocycles. The maximum Gasteiger partial charge on any atom is 0.328 e. The molecule has 0 radical (unpaired) electrons. The number of H-pyrrole nitrogens is 1. The number of carbonyl (C=O) groups is 1. The van der Waals surface area contributed by atoms with Gasteiger partial charge in [0.05, 0.1) is 12.6 Å². The van der Waals surface area contributed by atoms with Crippen LogP contribution in [-0.4, -0.2) is 27.0 Å². The normalized spacial score (nSPS) is 12.4. The van der Waals surface area contributed by atoms with Crippen LogP contribution in [0.1, 0.15) is 35.3 Å². The summed E-state index contributed by atoms with van der Waals surface area (Å²) in [5.74, 6) is -0.503. The van der Waals surface area contributed by atoms with Crippen LogP contribution < -0.4 is 11.2 Å². The van der Waals surface area contributed by atoms with Gasteiger partial charge in [-0.15, -0.1) is 0 Å². The number of hydrogen-bond donors (Lipinski definition) is 2. The molecule has 0 amide bonds. The second-order valence-electron chi connectivity index (χ2n) is 5.06. The van der Waals surface area contributed by atoms with Gasteiger partial charge in [0.15, 0.2) is 5.78 Å². The van der Waals surface area contributed by atoms with E-state index in [1.807, 2.05) is 30.3 Å². The Kier molecular flexibility index (Phi) is 5.43. The van der Waals surface area contributed by atoms with Crippen molar-refractivity contribution in [3.8, 4) is 0 Å². The van der Waals surface area contributed by atoms with Gasteiger partial charge in [-0.2, -0.15) is 0 Å². The first-order valence-corrected chi connectivity index (χ1v) is 7.30. The number of aliphatic hydroxyl groups excluding tert-OH is 1. The quantitative estimate of drug-likeness (QED) is 0.622. The zero-order valence-corrected chi connectivity index (χ0v) is 12.7. The predicted molar refractivity (Wildman–Crippen MR) is 87.5 cm³/mol. The summed E-state index contributed by atoms with van der Waals surface area (Å²) in [5.41, 5.74) is -0.683. The van der Waals surface area contributed by atoms with E-state index in [0.717, 1.165) is 5.56 Å². The monoisotopic (exact) mass is 314 g/mol. The Morgan fingerprint density at radius 2 is 2.00 bits per heavy atom. The van der Waals surface area contributed by atoms with E-state index in [2.05, 4.69) is 4.98 Å². The standard InChI is InChI=1S/C17H18N2O4/c1-2-13(11-20)19-10-14(16(22)18-17(19)23)15(21)9-8-12-6-4-3-5-7-12/h3-10,13,20H,2,11H2,1H3,(H,18,22,23)/b9-8+/t13-/m0/s1. The van der Waals surface area contributed by atoms with Gasteiger partial charge in [0.2, 0.25) is 0 Å². The zero-order valence-electron chi connectivity index (χ0n) is 12.7. The van der Waals surface area contributed by atoms with E-state index in [9.17, 15) is 19.5 Å². The highest BCUT2D eigenvalue weighted by molar-refractivity contribution is 6.06. The zero-order chi connectivity index (χ0) is 16.8. The van der Waals surface area contributed by atoms with E-state index in [0.29, 0.717) is 6.42 Å². The molecule has 6 nitrogen and oxygen atoms in total. The number of aliphatic hydroxyl groups is 1. The lowest BCUT2D eigenvalue weighted by Crippen LogP contribution is -2.36. The lowest BCUT2D eigenvalue weighted by atomic mass is 10.1. The Morgan fingerprint density at radius 3 is 2.61 bits per heavy atom. The number of nitrogens with zero attached hydrogens (tertiary/aromatic N) is 1. The average Bonchev–Trinajstić information content (AvgIpc) is 2.56. The molecular formula is C17H18N2O4. The topological polar surface area (TPSA) is 92.2 Å². The van der Waals surface area contributed by atoms with Crippen molar-refractivity contribution in [2.24, 2.45) is 0 Å². The molecule has 1 aromatic carbocycles. The van der Waals surface area contributed by atoms with E-state index in [4.69, 9.17) is 0 Å². The molecule has 0 unspecified atom stereocenters. The molecule has 0 bridgehead atoms. The Morgan fingerprint density at radius 1 is 1.30 bits per heavy atom. The second kappa shape index (κ2) is 7.51. The van der Waals surface area contributed by atoms with Crippen LogP contribution in [0.25, 0.3) is 6.08 Å². The molecule has 0 aliphatic rings. The van der Waals surface area contributed by atoms with E-state index < -0.39 is 23.1 Å². The van der Waals surface area contributed by atoms with Crippen molar-refractivity contribution in [3.05, 3.63) is 74.6 Å². The van der Waals surface area contributed by atoms with Crippen molar-refractivity contribution in [1.29, 1.82) is 0 Å². The van der Waals surface area contributed by atoms with Crippen LogP contribution in [0.2, 0.25) is 0 Å². The molecule has 2 aromatic rings. The van der Waals surface area contributed by atoms with Crippen LogP contribution in [0.15, 0.2) is 52.2 Å². The molecule has 0 saturated carbocycles. The molecular weight excluding hydrogens is 296 g/mol. The van der Waals surface area contributed by atoms with Gasteiger partial charge in [-0.25, -0.2) is 4.79 Å². The Balaban J connectivity index is 2.37. The van der Waals surface area contributed by atoms with Crippen LogP contribution in [-0.2, 0) is 0 Å². The fourth-order valence-electron chi connectivity index (χ4n) is 2.17. The molecule has 0 spiro atoms. The van der Waals surface area contributed by atoms with Crippen LogP contribution in [0, 0.1) is 0 Å². The summed E-state index contributed by atoms with van der Waals surface area (Å²) in [6.45, 7) is 1.55. The number of hydrogen-bond acceptors (Lipinski definition) is 4. The van der Waals surface area contributed by atoms with Gasteiger partial charge in [-0.1, -0.05) is 43.3 Å². The average molecular weight is 314 g/mol. The first-order chi connectivity index (χ1) is 11.1. The van der Waals surface area contributed by atoms with Crippen molar-refractivity contribution >= 4 is 11.9 Å². The van der Waals surface area contributed by atoms with E-state index in [-0.39, 0.29) is 12.2 Å². The Bertz CT molecular complexity index is 814. The third-order valence-electron chi connectivity index (χ3n) is 3.54. The van der Waals surface area contributed by atoms with Gasteiger partial charge in [0.1, 0.15) is 5.56 Å². The largest absolute Gasteiger partial charge is 0.394 e. The lowest BCUT2D eigenvalue weighted by molar-refractivity contribution is 0.104. The second-order valence-corrected chi connectivity index (χ2v) is 5.06. The number of ketones is 1. The van der Waals surface area contributed by atoms with E-state index in [1.165, 1.54) is 16.8 Å². The van der Waals surface area contributed by atoms with Gasteiger partial charge >= 0.3 is 5.69 Å². The van der Waals surface area contributed by atoms with Crippen LogP contribution in [0.3, 0.4) is 0 Å². The minimum Gasteiger partial charge on any atom is -0.394 e. The third-order valence-corrected chi connectivity index (χ3v) is 3.54. The molecule has 23 heavy (non-hydrogen) atoms. The van der Waals surface area contributed by atoms with Gasteiger partial charge in [0, 0.05) is 6.20 Å². The molecule has 1 heterocycles. The number of benzene rings is 1. The van der Waals surface area contributed by atoms with Crippen LogP contribution >= 0.6 is 0 Å². The first-order valence-electron chi connectivity index (χ1n) is 7.30.